The number of hydrogen-bond donors (Lipinski definition) is 2. The second-order valence-corrected chi connectivity index (χ2v) is 6.06. The average molecular weight is 339 g/mol. The number of nitrogens with zero attached hydrogens (tertiary/aromatic N) is 2. The lowest BCUT2D eigenvalue weighted by atomic mass is 10.2. The van der Waals surface area contributed by atoms with Crippen LogP contribution in [0.25, 0.3) is 10.2 Å². The monoisotopic (exact) mass is 339 g/mol. The molecule has 23 heavy (non-hydrogen) atoms. The smallest absolute Gasteiger partial charge is 0.346 e. The number of primary amides is 1. The molecule has 0 spiro atoms. The Morgan fingerprint density at radius 1 is 1.48 bits per heavy atom. The third-order valence-corrected chi connectivity index (χ3v) is 4.77. The summed E-state index contributed by atoms with van der Waals surface area (Å²) in [4.78, 5) is 40.4. The maximum absolute atomic E-state index is 12.8. The van der Waals surface area contributed by atoms with Crippen LogP contribution in [-0.4, -0.2) is 40.3 Å². The van der Waals surface area contributed by atoms with Crippen LogP contribution in [0, 0.1) is 6.92 Å². The highest BCUT2D eigenvalue weighted by Crippen LogP contribution is 2.28. The highest BCUT2D eigenvalue weighted by atomic mass is 32.1. The summed E-state index contributed by atoms with van der Waals surface area (Å²) in [7, 11) is 1.51. The predicted molar refractivity (Wildman–Crippen MR) is 85.1 cm³/mol. The first-order valence-corrected chi connectivity index (χ1v) is 7.67. The Bertz CT molecular complexity index is 839. The molecule has 0 bridgehead atoms. The van der Waals surface area contributed by atoms with Crippen molar-refractivity contribution in [3.8, 4) is 0 Å². The lowest BCUT2D eigenvalue weighted by Gasteiger charge is -2.16. The van der Waals surface area contributed by atoms with Gasteiger partial charge in [-0.2, -0.15) is 0 Å². The summed E-state index contributed by atoms with van der Waals surface area (Å²) in [5.41, 5.74) is 5.20. The fourth-order valence-corrected chi connectivity index (χ4v) is 3.37. The van der Waals surface area contributed by atoms with Crippen molar-refractivity contribution in [1.82, 2.24) is 9.55 Å². The summed E-state index contributed by atoms with van der Waals surface area (Å²) >= 11 is 0.942. The molecule has 2 heterocycles. The van der Waals surface area contributed by atoms with E-state index in [1.54, 1.807) is 6.92 Å². The quantitative estimate of drug-likeness (QED) is 0.798. The van der Waals surface area contributed by atoms with E-state index in [-0.39, 0.29) is 10.3 Å². The van der Waals surface area contributed by atoms with Crippen molar-refractivity contribution in [1.29, 1.82) is 0 Å². The molecule has 0 aromatic carbocycles. The number of aryl methyl sites for hydroxylation is 1. The third kappa shape index (κ3) is 2.97. The number of rotatable bonds is 6. The van der Waals surface area contributed by atoms with Gasteiger partial charge in [0.15, 0.2) is 0 Å². The summed E-state index contributed by atoms with van der Waals surface area (Å²) in [6.45, 7) is 3.37. The van der Waals surface area contributed by atoms with Gasteiger partial charge >= 0.3 is 5.97 Å². The van der Waals surface area contributed by atoms with Crippen molar-refractivity contribution in [2.75, 3.05) is 13.7 Å². The van der Waals surface area contributed by atoms with Gasteiger partial charge in [0.2, 0.25) is 5.91 Å². The average Bonchev–Trinajstić information content (AvgIpc) is 2.81. The number of carbonyl (C=O) groups is 2. The minimum absolute atomic E-state index is 0.0618. The lowest BCUT2D eigenvalue weighted by Crippen LogP contribution is -2.35. The number of aromatic carboxylic acids is 1. The zero-order valence-electron chi connectivity index (χ0n) is 13.0. The standard InChI is InChI=1S/C14H17N3O5S/c1-6-9-12(23-10(6)14(20)21)16-8(4-5-22-3)17(13(9)19)7(2)11(15)18/h7H,4-5H2,1-3H3,(H2,15,18)(H,20,21). The van der Waals surface area contributed by atoms with Crippen LogP contribution >= 0.6 is 11.3 Å². The first kappa shape index (κ1) is 17.1. The lowest BCUT2D eigenvalue weighted by molar-refractivity contribution is -0.120. The molecular formula is C14H17N3O5S. The minimum atomic E-state index is -1.11. The van der Waals surface area contributed by atoms with E-state index in [0.29, 0.717) is 29.2 Å². The normalized spacial score (nSPS) is 12.5. The van der Waals surface area contributed by atoms with Crippen LogP contribution in [0.2, 0.25) is 0 Å². The van der Waals surface area contributed by atoms with Crippen LogP contribution in [0.1, 0.15) is 34.0 Å². The SMILES string of the molecule is COCCc1nc2sc(C(=O)O)c(C)c2c(=O)n1C(C)C(N)=O. The first-order chi connectivity index (χ1) is 10.8. The number of aromatic nitrogens is 2. The Morgan fingerprint density at radius 2 is 2.13 bits per heavy atom. The molecule has 8 nitrogen and oxygen atoms in total. The van der Waals surface area contributed by atoms with Gasteiger partial charge in [-0.25, -0.2) is 9.78 Å². The van der Waals surface area contributed by atoms with E-state index in [1.807, 2.05) is 0 Å². The fraction of sp³-hybridized carbons (Fsp3) is 0.429. The van der Waals surface area contributed by atoms with Crippen LogP contribution < -0.4 is 11.3 Å². The summed E-state index contributed by atoms with van der Waals surface area (Å²) in [5.74, 6) is -1.44. The zero-order chi connectivity index (χ0) is 17.3. The Labute approximate surface area is 135 Å². The molecule has 1 unspecified atom stereocenters. The molecule has 0 radical (unpaired) electrons. The summed E-state index contributed by atoms with van der Waals surface area (Å²) in [6, 6.07) is -0.890. The molecule has 9 heteroatoms. The van der Waals surface area contributed by atoms with Crippen molar-refractivity contribution in [2.24, 2.45) is 5.73 Å². The number of thiophene rings is 1. The molecule has 0 aliphatic carbocycles. The number of nitrogens with two attached hydrogens (primary N) is 1. The van der Waals surface area contributed by atoms with E-state index < -0.39 is 23.5 Å². The van der Waals surface area contributed by atoms with E-state index in [4.69, 9.17) is 10.5 Å². The van der Waals surface area contributed by atoms with E-state index >= 15 is 0 Å². The minimum Gasteiger partial charge on any atom is -0.477 e. The summed E-state index contributed by atoms with van der Waals surface area (Å²) < 4.78 is 6.22. The van der Waals surface area contributed by atoms with Crippen LogP contribution in [0.5, 0.6) is 0 Å². The molecule has 3 N–H and O–H groups in total. The molecule has 124 valence electrons. The van der Waals surface area contributed by atoms with Crippen LogP contribution in [0.3, 0.4) is 0 Å². The van der Waals surface area contributed by atoms with Gasteiger partial charge in [0.05, 0.1) is 12.0 Å². The van der Waals surface area contributed by atoms with Crippen molar-refractivity contribution in [3.05, 3.63) is 26.6 Å². The molecule has 2 aromatic heterocycles. The Kier molecular flexibility index (Phi) is 4.81. The number of carbonyl (C=O) groups excluding carboxylic acids is 1. The summed E-state index contributed by atoms with van der Waals surface area (Å²) in [5, 5.41) is 9.42. The molecule has 0 saturated carbocycles. The molecule has 1 amide bonds. The number of fused-ring (bicyclic) bond motifs is 1. The fourth-order valence-electron chi connectivity index (χ4n) is 2.34. The second-order valence-electron chi connectivity index (χ2n) is 5.07. The van der Waals surface area contributed by atoms with Gasteiger partial charge in [0.1, 0.15) is 21.6 Å². The number of methoxy groups -OCH3 is 1. The van der Waals surface area contributed by atoms with E-state index in [9.17, 15) is 19.5 Å². The van der Waals surface area contributed by atoms with Gasteiger partial charge in [-0.15, -0.1) is 11.3 Å². The molecule has 2 aromatic rings. The number of amides is 1. The largest absolute Gasteiger partial charge is 0.477 e. The molecule has 1 atom stereocenters. The van der Waals surface area contributed by atoms with Crippen molar-refractivity contribution >= 4 is 33.4 Å². The van der Waals surface area contributed by atoms with E-state index in [0.717, 1.165) is 11.3 Å². The third-order valence-electron chi connectivity index (χ3n) is 3.59. The van der Waals surface area contributed by atoms with Crippen molar-refractivity contribution < 1.29 is 19.4 Å². The maximum atomic E-state index is 12.8. The zero-order valence-corrected chi connectivity index (χ0v) is 13.8. The first-order valence-electron chi connectivity index (χ1n) is 6.85. The van der Waals surface area contributed by atoms with Crippen LogP contribution in [-0.2, 0) is 16.0 Å². The molecule has 0 aliphatic rings. The second kappa shape index (κ2) is 6.47. The number of carboxylic acids is 1. The maximum Gasteiger partial charge on any atom is 0.346 e. The predicted octanol–water partition coefficient (Wildman–Crippen LogP) is 0.700. The van der Waals surface area contributed by atoms with Gasteiger partial charge in [0.25, 0.3) is 5.56 Å². The van der Waals surface area contributed by atoms with Gasteiger partial charge in [-0.3, -0.25) is 14.2 Å². The highest BCUT2D eigenvalue weighted by molar-refractivity contribution is 7.20. The van der Waals surface area contributed by atoms with E-state index in [1.165, 1.54) is 18.6 Å². The number of carboxylic acid groups (broad SMARTS) is 1. The van der Waals surface area contributed by atoms with Crippen LogP contribution in [0.4, 0.5) is 0 Å². The highest BCUT2D eigenvalue weighted by Gasteiger charge is 2.24. The Morgan fingerprint density at radius 3 is 2.65 bits per heavy atom. The molecule has 0 saturated heterocycles. The van der Waals surface area contributed by atoms with Crippen LogP contribution in [0.15, 0.2) is 4.79 Å². The van der Waals surface area contributed by atoms with Gasteiger partial charge in [-0.1, -0.05) is 0 Å². The van der Waals surface area contributed by atoms with Crippen molar-refractivity contribution in [2.45, 2.75) is 26.3 Å². The molecule has 0 fully saturated rings. The molecular weight excluding hydrogens is 322 g/mol. The van der Waals surface area contributed by atoms with E-state index in [2.05, 4.69) is 4.98 Å². The Hall–Kier alpha value is -2.26. The Balaban J connectivity index is 2.81. The number of ether oxygens (including phenoxy) is 1. The van der Waals surface area contributed by atoms with Gasteiger partial charge < -0.3 is 15.6 Å². The van der Waals surface area contributed by atoms with Crippen molar-refractivity contribution in [3.63, 3.8) is 0 Å². The number of hydrogen-bond acceptors (Lipinski definition) is 6. The topological polar surface area (TPSA) is 125 Å². The van der Waals surface area contributed by atoms with Gasteiger partial charge in [0, 0.05) is 13.5 Å². The summed E-state index contributed by atoms with van der Waals surface area (Å²) in [6.07, 6.45) is 0.304. The van der Waals surface area contributed by atoms with Gasteiger partial charge in [-0.05, 0) is 19.4 Å². The molecule has 2 rings (SSSR count). The molecule has 0 aliphatic heterocycles.